The average molecular weight is 347 g/mol. The van der Waals surface area contributed by atoms with Crippen molar-refractivity contribution in [2.24, 2.45) is 0 Å². The van der Waals surface area contributed by atoms with Crippen LogP contribution >= 0.6 is 0 Å². The number of unbranched alkanes of at least 4 members (excludes halogenated alkanes) is 10. The summed E-state index contributed by atoms with van der Waals surface area (Å²) in [4.78, 5) is 11.4. The van der Waals surface area contributed by atoms with E-state index in [4.69, 9.17) is 4.74 Å². The zero-order chi connectivity index (χ0) is 15.1. The topological polar surface area (TPSA) is 26.3 Å². The van der Waals surface area contributed by atoms with E-state index in [1.807, 2.05) is 0 Å². The standard InChI is InChI=1S/C17H32O2Se/c1-4-5-6-7-8-9-10-11-12-13-14-15-16(20-3)17(18)19-2/h15H,4-14H2,1-3H3/b16-15-. The van der Waals surface area contributed by atoms with Gasteiger partial charge in [0.1, 0.15) is 0 Å². The molecule has 3 heteroatoms. The number of allylic oxidation sites excluding steroid dienone is 1. The molecule has 0 aliphatic heterocycles. The predicted molar refractivity (Wildman–Crippen MR) is 88.2 cm³/mol. The van der Waals surface area contributed by atoms with Crippen molar-refractivity contribution < 1.29 is 9.53 Å². The monoisotopic (exact) mass is 348 g/mol. The third-order valence-electron chi connectivity index (χ3n) is 3.49. The molecular formula is C17H32O2Se. The van der Waals surface area contributed by atoms with Crippen LogP contribution in [0.1, 0.15) is 77.6 Å². The summed E-state index contributed by atoms with van der Waals surface area (Å²) < 4.78 is 5.65. The van der Waals surface area contributed by atoms with Gasteiger partial charge in [0, 0.05) is 0 Å². The third kappa shape index (κ3) is 11.5. The fourth-order valence-electron chi connectivity index (χ4n) is 2.22. The van der Waals surface area contributed by atoms with E-state index in [-0.39, 0.29) is 20.9 Å². The summed E-state index contributed by atoms with van der Waals surface area (Å²) in [7, 11) is 1.46. The van der Waals surface area contributed by atoms with E-state index in [1.165, 1.54) is 71.3 Å². The van der Waals surface area contributed by atoms with Crippen LogP contribution in [-0.2, 0) is 9.53 Å². The van der Waals surface area contributed by atoms with Gasteiger partial charge in [-0.2, -0.15) is 0 Å². The fourth-order valence-corrected chi connectivity index (χ4v) is 3.34. The molecule has 0 aromatic heterocycles. The molecule has 0 spiro atoms. The van der Waals surface area contributed by atoms with Crippen LogP contribution in [0.5, 0.6) is 0 Å². The molecule has 118 valence electrons. The molecular weight excluding hydrogens is 315 g/mol. The normalized spacial score (nSPS) is 11.7. The number of methoxy groups -OCH3 is 1. The van der Waals surface area contributed by atoms with Gasteiger partial charge in [0.15, 0.2) is 0 Å². The maximum atomic E-state index is 11.4. The van der Waals surface area contributed by atoms with Crippen LogP contribution < -0.4 is 0 Å². The van der Waals surface area contributed by atoms with E-state index < -0.39 is 0 Å². The van der Waals surface area contributed by atoms with E-state index in [0.29, 0.717) is 0 Å². The molecule has 0 saturated carbocycles. The van der Waals surface area contributed by atoms with Crippen LogP contribution in [0, 0.1) is 0 Å². The van der Waals surface area contributed by atoms with Crippen molar-refractivity contribution in [3.05, 3.63) is 10.5 Å². The second-order valence-electron chi connectivity index (χ2n) is 5.23. The van der Waals surface area contributed by atoms with Gasteiger partial charge in [-0.1, -0.05) is 13.3 Å². The van der Waals surface area contributed by atoms with Gasteiger partial charge in [0.05, 0.1) is 0 Å². The molecule has 0 rings (SSSR count). The molecule has 0 aromatic rings. The summed E-state index contributed by atoms with van der Waals surface area (Å²) in [5.41, 5.74) is 0. The molecule has 0 atom stereocenters. The zero-order valence-corrected chi connectivity index (χ0v) is 15.3. The van der Waals surface area contributed by atoms with Gasteiger partial charge in [-0.25, -0.2) is 0 Å². The molecule has 0 unspecified atom stereocenters. The summed E-state index contributed by atoms with van der Waals surface area (Å²) in [5.74, 6) is 1.92. The number of esters is 1. The van der Waals surface area contributed by atoms with Gasteiger partial charge in [-0.3, -0.25) is 0 Å². The SMILES string of the molecule is CCCCCCCCCCCC/C=C(\[Se]C)C(=O)OC. The summed E-state index contributed by atoms with van der Waals surface area (Å²) in [6.07, 6.45) is 16.7. The Hall–Kier alpha value is -0.271. The molecule has 0 aliphatic rings. The molecule has 0 bridgehead atoms. The number of hydrogen-bond donors (Lipinski definition) is 0. The first-order chi connectivity index (χ1) is 9.76. The second-order valence-corrected chi connectivity index (χ2v) is 7.01. The number of ether oxygens (including phenoxy) is 1. The van der Waals surface area contributed by atoms with Crippen molar-refractivity contribution in [3.63, 3.8) is 0 Å². The van der Waals surface area contributed by atoms with Gasteiger partial charge in [-0.05, 0) is 0 Å². The Morgan fingerprint density at radius 1 is 0.950 bits per heavy atom. The van der Waals surface area contributed by atoms with Crippen molar-refractivity contribution in [2.45, 2.75) is 83.4 Å². The van der Waals surface area contributed by atoms with Crippen LogP contribution in [0.3, 0.4) is 0 Å². The van der Waals surface area contributed by atoms with Crippen LogP contribution in [0.25, 0.3) is 0 Å². The van der Waals surface area contributed by atoms with E-state index >= 15 is 0 Å². The van der Waals surface area contributed by atoms with Gasteiger partial charge < -0.3 is 0 Å². The first kappa shape index (κ1) is 19.7. The molecule has 0 heterocycles. The van der Waals surface area contributed by atoms with Crippen LogP contribution in [-0.4, -0.2) is 28.0 Å². The predicted octanol–water partition coefficient (Wildman–Crippen LogP) is 5.11. The number of carbonyl (C=O) groups excluding carboxylic acids is 1. The van der Waals surface area contributed by atoms with Crippen molar-refractivity contribution in [1.82, 2.24) is 0 Å². The fraction of sp³-hybridized carbons (Fsp3) is 0.824. The van der Waals surface area contributed by atoms with E-state index in [2.05, 4.69) is 18.8 Å². The summed E-state index contributed by atoms with van der Waals surface area (Å²) in [5, 5.41) is 0. The Labute approximate surface area is 131 Å². The first-order valence-electron chi connectivity index (χ1n) is 8.08. The van der Waals surface area contributed by atoms with Crippen molar-refractivity contribution >= 4 is 20.9 Å². The van der Waals surface area contributed by atoms with Crippen molar-refractivity contribution in [1.29, 1.82) is 0 Å². The minimum absolute atomic E-state index is 0.139. The molecule has 20 heavy (non-hydrogen) atoms. The van der Waals surface area contributed by atoms with E-state index in [9.17, 15) is 4.79 Å². The molecule has 0 aromatic carbocycles. The van der Waals surface area contributed by atoms with Gasteiger partial charge in [0.25, 0.3) is 0 Å². The van der Waals surface area contributed by atoms with Crippen molar-refractivity contribution in [2.75, 3.05) is 7.11 Å². The number of rotatable bonds is 13. The minimum atomic E-state index is -0.139. The molecule has 0 radical (unpaired) electrons. The summed E-state index contributed by atoms with van der Waals surface area (Å²) >= 11 is 0.242. The molecule has 0 amide bonds. The zero-order valence-electron chi connectivity index (χ0n) is 13.6. The third-order valence-corrected chi connectivity index (χ3v) is 5.12. The van der Waals surface area contributed by atoms with Crippen LogP contribution in [0.4, 0.5) is 0 Å². The molecule has 0 saturated heterocycles. The van der Waals surface area contributed by atoms with E-state index in [0.717, 1.165) is 10.9 Å². The average Bonchev–Trinajstić information content (AvgIpc) is 2.48. The summed E-state index contributed by atoms with van der Waals surface area (Å²) in [6, 6.07) is 0. The van der Waals surface area contributed by atoms with Crippen LogP contribution in [0.2, 0.25) is 5.82 Å². The van der Waals surface area contributed by atoms with Gasteiger partial charge >= 0.3 is 118 Å². The quantitative estimate of drug-likeness (QED) is 0.200. The molecule has 0 aliphatic carbocycles. The number of carbonyl (C=O) groups is 1. The Bertz CT molecular complexity index is 262. The Balaban J connectivity index is 3.39. The summed E-state index contributed by atoms with van der Waals surface area (Å²) in [6.45, 7) is 2.26. The van der Waals surface area contributed by atoms with E-state index in [1.54, 1.807) is 0 Å². The van der Waals surface area contributed by atoms with Gasteiger partial charge in [0.2, 0.25) is 0 Å². The molecule has 2 nitrogen and oxygen atoms in total. The maximum absolute atomic E-state index is 11.4. The van der Waals surface area contributed by atoms with Crippen molar-refractivity contribution in [3.8, 4) is 0 Å². The van der Waals surface area contributed by atoms with Gasteiger partial charge in [-0.15, -0.1) is 0 Å². The van der Waals surface area contributed by atoms with Crippen LogP contribution in [0.15, 0.2) is 10.5 Å². The Morgan fingerprint density at radius 3 is 1.90 bits per heavy atom. The Morgan fingerprint density at radius 2 is 1.45 bits per heavy atom. The molecule has 0 fully saturated rings. The first-order valence-corrected chi connectivity index (χ1v) is 10.7. The molecule has 0 N–H and O–H groups in total. The Kier molecular flexibility index (Phi) is 14.9. The number of hydrogen-bond acceptors (Lipinski definition) is 2. The second kappa shape index (κ2) is 15.1.